The van der Waals surface area contributed by atoms with Gasteiger partial charge in [0, 0.05) is 20.1 Å². The molecular weight excluding hydrogens is 369 g/mol. The van der Waals surface area contributed by atoms with Crippen molar-refractivity contribution >= 4 is 5.91 Å². The zero-order valence-corrected chi connectivity index (χ0v) is 18.0. The average Bonchev–Trinajstić information content (AvgIpc) is 2.98. The molecule has 6 heteroatoms. The highest BCUT2D eigenvalue weighted by Crippen LogP contribution is 2.21. The summed E-state index contributed by atoms with van der Waals surface area (Å²) in [4.78, 5) is 19.2. The van der Waals surface area contributed by atoms with Crippen LogP contribution >= 0.6 is 0 Å². The molecule has 2 fully saturated rings. The molecule has 0 spiro atoms. The van der Waals surface area contributed by atoms with Gasteiger partial charge in [0.05, 0.1) is 13.7 Å². The Morgan fingerprint density at radius 1 is 1.10 bits per heavy atom. The Labute approximate surface area is 174 Å². The number of benzene rings is 1. The molecule has 2 saturated heterocycles. The number of nitrogens with zero attached hydrogens (tertiary/aromatic N) is 3. The minimum atomic E-state index is -0.391. The smallest absolute Gasteiger partial charge is 0.236 e. The summed E-state index contributed by atoms with van der Waals surface area (Å²) in [7, 11) is 3.24. The maximum Gasteiger partial charge on any atom is 0.236 e. The number of ether oxygens (including phenoxy) is 1. The third-order valence-corrected chi connectivity index (χ3v) is 6.34. The number of carbonyl (C=O) groups excluding carboxylic acids is 1. The summed E-state index contributed by atoms with van der Waals surface area (Å²) < 4.78 is 18.8. The van der Waals surface area contributed by atoms with Gasteiger partial charge in [0.25, 0.3) is 0 Å². The standard InChI is InChI=1S/C23H36FN3O2/c1-25(16-20-7-8-22(29-2)21(24)15-20)23(28)18-27-13-9-19(10-14-27)17-26-11-5-3-4-6-12-26/h7-8,15,19H,3-6,9-14,16-18H2,1-2H3. The fourth-order valence-corrected chi connectivity index (χ4v) is 4.49. The zero-order valence-electron chi connectivity index (χ0n) is 18.0. The molecule has 0 bridgehead atoms. The fourth-order valence-electron chi connectivity index (χ4n) is 4.49. The van der Waals surface area contributed by atoms with Gasteiger partial charge in [0.15, 0.2) is 11.6 Å². The third kappa shape index (κ3) is 6.68. The van der Waals surface area contributed by atoms with Crippen LogP contribution in [-0.4, -0.2) is 74.0 Å². The molecule has 1 aromatic carbocycles. The van der Waals surface area contributed by atoms with Crippen molar-refractivity contribution in [1.29, 1.82) is 0 Å². The van der Waals surface area contributed by atoms with Crippen molar-refractivity contribution in [1.82, 2.24) is 14.7 Å². The highest BCUT2D eigenvalue weighted by atomic mass is 19.1. The van der Waals surface area contributed by atoms with Crippen LogP contribution in [0.25, 0.3) is 0 Å². The molecule has 29 heavy (non-hydrogen) atoms. The Kier molecular flexibility index (Phi) is 8.30. The first kappa shape index (κ1) is 22.0. The predicted octanol–water partition coefficient (Wildman–Crippen LogP) is 3.38. The quantitative estimate of drug-likeness (QED) is 0.697. The first-order chi connectivity index (χ1) is 14.0. The first-order valence-electron chi connectivity index (χ1n) is 11.1. The van der Waals surface area contributed by atoms with Crippen LogP contribution in [-0.2, 0) is 11.3 Å². The number of hydrogen-bond donors (Lipinski definition) is 0. The summed E-state index contributed by atoms with van der Waals surface area (Å²) in [6.45, 7) is 6.59. The van der Waals surface area contributed by atoms with Gasteiger partial charge in [-0.2, -0.15) is 0 Å². The number of amides is 1. The number of carbonyl (C=O) groups is 1. The van der Waals surface area contributed by atoms with E-state index in [1.54, 1.807) is 24.1 Å². The van der Waals surface area contributed by atoms with Crippen LogP contribution in [0.2, 0.25) is 0 Å². The van der Waals surface area contributed by atoms with Crippen molar-refractivity contribution in [2.24, 2.45) is 5.92 Å². The number of hydrogen-bond acceptors (Lipinski definition) is 4. The fraction of sp³-hybridized carbons (Fsp3) is 0.696. The summed E-state index contributed by atoms with van der Waals surface area (Å²) in [5, 5.41) is 0. The Balaban J connectivity index is 1.40. The lowest BCUT2D eigenvalue weighted by Gasteiger charge is -2.35. The summed E-state index contributed by atoms with van der Waals surface area (Å²) in [5.74, 6) is 0.690. The van der Waals surface area contributed by atoms with E-state index in [2.05, 4.69) is 9.80 Å². The number of halogens is 1. The maximum atomic E-state index is 13.9. The molecule has 0 aliphatic carbocycles. The van der Waals surface area contributed by atoms with Crippen LogP contribution in [0.1, 0.15) is 44.1 Å². The average molecular weight is 406 g/mol. The van der Waals surface area contributed by atoms with Crippen molar-refractivity contribution in [2.75, 3.05) is 53.4 Å². The topological polar surface area (TPSA) is 36.0 Å². The minimum absolute atomic E-state index is 0.0900. The van der Waals surface area contributed by atoms with Crippen molar-refractivity contribution in [3.63, 3.8) is 0 Å². The van der Waals surface area contributed by atoms with Crippen molar-refractivity contribution in [2.45, 2.75) is 45.1 Å². The monoisotopic (exact) mass is 405 g/mol. The Morgan fingerprint density at radius 2 is 1.79 bits per heavy atom. The van der Waals surface area contributed by atoms with Crippen LogP contribution in [0.4, 0.5) is 4.39 Å². The molecule has 1 aromatic rings. The largest absolute Gasteiger partial charge is 0.494 e. The third-order valence-electron chi connectivity index (χ3n) is 6.34. The van der Waals surface area contributed by atoms with Gasteiger partial charge in [0.2, 0.25) is 5.91 Å². The second-order valence-corrected chi connectivity index (χ2v) is 8.65. The molecule has 1 amide bonds. The summed E-state index contributed by atoms with van der Waals surface area (Å²) >= 11 is 0. The van der Waals surface area contributed by atoms with Crippen LogP contribution < -0.4 is 4.74 Å². The maximum absolute atomic E-state index is 13.9. The minimum Gasteiger partial charge on any atom is -0.494 e. The van der Waals surface area contributed by atoms with Gasteiger partial charge in [-0.25, -0.2) is 4.39 Å². The van der Waals surface area contributed by atoms with Crippen molar-refractivity contribution in [3.8, 4) is 5.75 Å². The van der Waals surface area contributed by atoms with Crippen molar-refractivity contribution in [3.05, 3.63) is 29.6 Å². The summed E-state index contributed by atoms with van der Waals surface area (Å²) in [6, 6.07) is 4.86. The van der Waals surface area contributed by atoms with Gasteiger partial charge in [0.1, 0.15) is 0 Å². The van der Waals surface area contributed by atoms with Crippen LogP contribution in [0, 0.1) is 11.7 Å². The van der Waals surface area contributed by atoms with E-state index in [-0.39, 0.29) is 11.7 Å². The SMILES string of the molecule is COc1ccc(CN(C)C(=O)CN2CCC(CN3CCCCCC3)CC2)cc1F. The van der Waals surface area contributed by atoms with E-state index in [1.165, 1.54) is 71.3 Å². The molecule has 2 heterocycles. The Morgan fingerprint density at radius 3 is 2.41 bits per heavy atom. The summed E-state index contributed by atoms with van der Waals surface area (Å²) in [5.41, 5.74) is 0.773. The molecule has 0 aromatic heterocycles. The van der Waals surface area contributed by atoms with Crippen molar-refractivity contribution < 1.29 is 13.9 Å². The molecule has 0 atom stereocenters. The Bertz CT molecular complexity index is 654. The van der Waals surface area contributed by atoms with Crippen LogP contribution in [0.5, 0.6) is 5.75 Å². The molecule has 0 unspecified atom stereocenters. The molecule has 0 radical (unpaired) electrons. The molecule has 162 valence electrons. The van der Waals surface area contributed by atoms with Gasteiger partial charge in [-0.05, 0) is 75.5 Å². The summed E-state index contributed by atoms with van der Waals surface area (Å²) in [6.07, 6.45) is 7.81. The van der Waals surface area contributed by atoms with E-state index in [4.69, 9.17) is 4.74 Å². The van der Waals surface area contributed by atoms with Gasteiger partial charge in [-0.15, -0.1) is 0 Å². The van der Waals surface area contributed by atoms with E-state index >= 15 is 0 Å². The number of rotatable bonds is 7. The van der Waals surface area contributed by atoms with E-state index in [1.807, 2.05) is 0 Å². The number of likely N-dealkylation sites (N-methyl/N-ethyl adjacent to an activating group) is 1. The molecule has 5 nitrogen and oxygen atoms in total. The van der Waals surface area contributed by atoms with E-state index in [0.29, 0.717) is 13.1 Å². The molecule has 3 rings (SSSR count). The molecule has 2 aliphatic rings. The molecular formula is C23H36FN3O2. The van der Waals surface area contributed by atoms with Gasteiger partial charge >= 0.3 is 0 Å². The lowest BCUT2D eigenvalue weighted by atomic mass is 9.96. The van der Waals surface area contributed by atoms with E-state index in [0.717, 1.165) is 24.6 Å². The predicted molar refractivity (Wildman–Crippen MR) is 113 cm³/mol. The highest BCUT2D eigenvalue weighted by Gasteiger charge is 2.24. The van der Waals surface area contributed by atoms with Crippen LogP contribution in [0.15, 0.2) is 18.2 Å². The Hall–Kier alpha value is -1.66. The van der Waals surface area contributed by atoms with Gasteiger partial charge < -0.3 is 14.5 Å². The zero-order chi connectivity index (χ0) is 20.6. The lowest BCUT2D eigenvalue weighted by Crippen LogP contribution is -2.43. The number of likely N-dealkylation sites (tertiary alicyclic amines) is 2. The van der Waals surface area contributed by atoms with Gasteiger partial charge in [-0.3, -0.25) is 9.69 Å². The number of piperidine rings is 1. The highest BCUT2D eigenvalue weighted by molar-refractivity contribution is 5.78. The van der Waals surface area contributed by atoms with Crippen LogP contribution in [0.3, 0.4) is 0 Å². The van der Waals surface area contributed by atoms with Gasteiger partial charge in [-0.1, -0.05) is 18.9 Å². The first-order valence-corrected chi connectivity index (χ1v) is 11.1. The normalized spacial score (nSPS) is 19.7. The molecule has 0 saturated carbocycles. The second kappa shape index (κ2) is 10.9. The second-order valence-electron chi connectivity index (χ2n) is 8.65. The molecule has 2 aliphatic heterocycles. The lowest BCUT2D eigenvalue weighted by molar-refractivity contribution is -0.132. The van der Waals surface area contributed by atoms with E-state index < -0.39 is 5.82 Å². The molecule has 0 N–H and O–H groups in total. The van der Waals surface area contributed by atoms with E-state index in [9.17, 15) is 9.18 Å². The number of methoxy groups -OCH3 is 1.